The SMILES string of the molecule is O=c1c(Cc2ccc([N+](=O)[O-])cc2)c(O)n(CCCN2CCOCC2)c2nc3ccccc3n12. The number of nitrogens with zero attached hydrogens (tertiary/aromatic N) is 5. The molecule has 0 atom stereocenters. The molecule has 0 saturated carbocycles. The molecular formula is C24H25N5O5. The van der Waals surface area contributed by atoms with Crippen LogP contribution in [0.4, 0.5) is 5.69 Å². The van der Waals surface area contributed by atoms with Crippen LogP contribution in [0, 0.1) is 10.1 Å². The summed E-state index contributed by atoms with van der Waals surface area (Å²) in [4.78, 5) is 31.0. The third kappa shape index (κ3) is 4.13. The normalized spacial score (nSPS) is 14.7. The molecule has 0 unspecified atom stereocenters. The zero-order valence-electron chi connectivity index (χ0n) is 18.6. The second kappa shape index (κ2) is 9.24. The first-order valence-corrected chi connectivity index (χ1v) is 11.3. The van der Waals surface area contributed by atoms with Crippen LogP contribution in [0.2, 0.25) is 0 Å². The minimum atomic E-state index is -0.466. The number of imidazole rings is 1. The minimum absolute atomic E-state index is 0.0236. The van der Waals surface area contributed by atoms with Crippen LogP contribution < -0.4 is 5.56 Å². The molecule has 1 N–H and O–H groups in total. The van der Waals surface area contributed by atoms with E-state index < -0.39 is 4.92 Å². The van der Waals surface area contributed by atoms with Gasteiger partial charge in [-0.3, -0.25) is 24.4 Å². The van der Waals surface area contributed by atoms with Crippen molar-refractivity contribution in [1.29, 1.82) is 0 Å². The molecule has 176 valence electrons. The minimum Gasteiger partial charge on any atom is -0.494 e. The van der Waals surface area contributed by atoms with Gasteiger partial charge in [-0.05, 0) is 24.1 Å². The lowest BCUT2D eigenvalue weighted by molar-refractivity contribution is -0.384. The van der Waals surface area contributed by atoms with Gasteiger partial charge in [-0.25, -0.2) is 9.38 Å². The van der Waals surface area contributed by atoms with E-state index in [4.69, 9.17) is 4.74 Å². The summed E-state index contributed by atoms with van der Waals surface area (Å²) in [6.07, 6.45) is 0.917. The van der Waals surface area contributed by atoms with E-state index >= 15 is 0 Å². The average molecular weight is 463 g/mol. The molecule has 1 aliphatic rings. The molecule has 3 heterocycles. The van der Waals surface area contributed by atoms with Gasteiger partial charge in [0.05, 0.1) is 34.7 Å². The van der Waals surface area contributed by atoms with Gasteiger partial charge in [0.25, 0.3) is 11.2 Å². The van der Waals surface area contributed by atoms with E-state index in [0.29, 0.717) is 28.9 Å². The molecule has 10 nitrogen and oxygen atoms in total. The van der Waals surface area contributed by atoms with Crippen LogP contribution in [-0.4, -0.2) is 61.7 Å². The number of para-hydroxylation sites is 2. The Kier molecular flexibility index (Phi) is 5.99. The standard InChI is InChI=1S/C24H25N5O5/c30-22-19(16-17-6-8-18(9-7-17)29(32)33)23(31)28-21-5-2-1-4-20(21)25-24(28)27(22)11-3-10-26-12-14-34-15-13-26/h1-2,4-9,30H,3,10-16H2. The fourth-order valence-corrected chi connectivity index (χ4v) is 4.46. The van der Waals surface area contributed by atoms with Crippen LogP contribution >= 0.6 is 0 Å². The number of nitro benzene ring substituents is 1. The van der Waals surface area contributed by atoms with Gasteiger partial charge in [0.15, 0.2) is 0 Å². The first-order valence-electron chi connectivity index (χ1n) is 11.3. The number of fused-ring (bicyclic) bond motifs is 3. The van der Waals surface area contributed by atoms with Gasteiger partial charge in [0.1, 0.15) is 0 Å². The maximum absolute atomic E-state index is 13.5. The highest BCUT2D eigenvalue weighted by atomic mass is 16.6. The second-order valence-electron chi connectivity index (χ2n) is 8.40. The summed E-state index contributed by atoms with van der Waals surface area (Å²) in [5.41, 5.74) is 1.91. The number of aryl methyl sites for hydroxylation is 1. The highest BCUT2D eigenvalue weighted by Crippen LogP contribution is 2.24. The Morgan fingerprint density at radius 3 is 2.53 bits per heavy atom. The molecule has 0 radical (unpaired) electrons. The number of hydrogen-bond donors (Lipinski definition) is 1. The lowest BCUT2D eigenvalue weighted by Crippen LogP contribution is -2.37. The molecule has 2 aromatic heterocycles. The number of nitro groups is 1. The number of aromatic nitrogens is 3. The summed E-state index contributed by atoms with van der Waals surface area (Å²) in [6.45, 7) is 4.54. The van der Waals surface area contributed by atoms with Crippen molar-refractivity contribution < 1.29 is 14.8 Å². The van der Waals surface area contributed by atoms with Gasteiger partial charge in [0, 0.05) is 44.7 Å². The van der Waals surface area contributed by atoms with Crippen LogP contribution in [0.25, 0.3) is 16.8 Å². The third-order valence-corrected chi connectivity index (χ3v) is 6.26. The number of benzene rings is 2. The van der Waals surface area contributed by atoms with Gasteiger partial charge in [-0.2, -0.15) is 0 Å². The van der Waals surface area contributed by atoms with E-state index in [1.165, 1.54) is 12.1 Å². The number of rotatable bonds is 7. The molecule has 1 saturated heterocycles. The fourth-order valence-electron chi connectivity index (χ4n) is 4.46. The molecule has 0 aliphatic carbocycles. The Morgan fingerprint density at radius 1 is 1.06 bits per heavy atom. The highest BCUT2D eigenvalue weighted by molar-refractivity contribution is 5.79. The lowest BCUT2D eigenvalue weighted by atomic mass is 10.1. The van der Waals surface area contributed by atoms with E-state index in [2.05, 4.69) is 9.88 Å². The number of ether oxygens (including phenoxy) is 1. The molecule has 4 aromatic rings. The van der Waals surface area contributed by atoms with Crippen molar-refractivity contribution in [2.45, 2.75) is 19.4 Å². The molecule has 1 aliphatic heterocycles. The number of morpholine rings is 1. The van der Waals surface area contributed by atoms with Crippen LogP contribution in [0.3, 0.4) is 0 Å². The second-order valence-corrected chi connectivity index (χ2v) is 8.40. The summed E-state index contributed by atoms with van der Waals surface area (Å²) in [5.74, 6) is 0.284. The Morgan fingerprint density at radius 2 is 1.79 bits per heavy atom. The summed E-state index contributed by atoms with van der Waals surface area (Å²) in [5, 5.41) is 22.2. The molecule has 0 bridgehead atoms. The average Bonchev–Trinajstić information content (AvgIpc) is 3.24. The number of aromatic hydroxyl groups is 1. The zero-order chi connectivity index (χ0) is 23.7. The number of hydrogen-bond acceptors (Lipinski definition) is 7. The van der Waals surface area contributed by atoms with Crippen molar-refractivity contribution in [3.05, 3.63) is 80.1 Å². The van der Waals surface area contributed by atoms with Crippen molar-refractivity contribution in [2.24, 2.45) is 0 Å². The monoisotopic (exact) mass is 463 g/mol. The Balaban J connectivity index is 1.55. The molecule has 0 amide bonds. The fraction of sp³-hybridized carbons (Fsp3) is 0.333. The maximum Gasteiger partial charge on any atom is 0.269 e. The smallest absolute Gasteiger partial charge is 0.269 e. The molecule has 10 heteroatoms. The molecule has 5 rings (SSSR count). The Hall–Kier alpha value is -3.76. The molecule has 2 aromatic carbocycles. The van der Waals surface area contributed by atoms with E-state index in [9.17, 15) is 20.0 Å². The van der Waals surface area contributed by atoms with Crippen LogP contribution in [0.1, 0.15) is 17.5 Å². The van der Waals surface area contributed by atoms with Gasteiger partial charge < -0.3 is 9.84 Å². The number of non-ortho nitro benzene ring substituents is 1. The Labute approximate surface area is 194 Å². The predicted octanol–water partition coefficient (Wildman–Crippen LogP) is 2.58. The van der Waals surface area contributed by atoms with Crippen LogP contribution in [0.5, 0.6) is 5.88 Å². The van der Waals surface area contributed by atoms with Gasteiger partial charge in [-0.1, -0.05) is 24.3 Å². The quantitative estimate of drug-likeness (QED) is 0.331. The van der Waals surface area contributed by atoms with Crippen molar-refractivity contribution in [2.75, 3.05) is 32.8 Å². The predicted molar refractivity (Wildman–Crippen MR) is 126 cm³/mol. The summed E-state index contributed by atoms with van der Waals surface area (Å²) in [7, 11) is 0. The molecule has 1 fully saturated rings. The topological polar surface area (TPSA) is 115 Å². The highest BCUT2D eigenvalue weighted by Gasteiger charge is 2.21. The molecule has 0 spiro atoms. The van der Waals surface area contributed by atoms with E-state index in [-0.39, 0.29) is 29.1 Å². The summed E-state index contributed by atoms with van der Waals surface area (Å²) >= 11 is 0. The van der Waals surface area contributed by atoms with Crippen LogP contribution in [-0.2, 0) is 17.7 Å². The van der Waals surface area contributed by atoms with Crippen molar-refractivity contribution in [1.82, 2.24) is 18.9 Å². The van der Waals surface area contributed by atoms with E-state index in [1.807, 2.05) is 24.3 Å². The van der Waals surface area contributed by atoms with E-state index in [0.717, 1.165) is 39.3 Å². The largest absolute Gasteiger partial charge is 0.494 e. The first-order chi connectivity index (χ1) is 16.5. The molecule has 34 heavy (non-hydrogen) atoms. The van der Waals surface area contributed by atoms with E-state index in [1.54, 1.807) is 21.1 Å². The van der Waals surface area contributed by atoms with Gasteiger partial charge >= 0.3 is 0 Å². The summed E-state index contributed by atoms with van der Waals surface area (Å²) in [6, 6.07) is 13.4. The van der Waals surface area contributed by atoms with Crippen molar-refractivity contribution >= 4 is 22.5 Å². The van der Waals surface area contributed by atoms with Crippen molar-refractivity contribution in [3.8, 4) is 5.88 Å². The van der Waals surface area contributed by atoms with Crippen LogP contribution in [0.15, 0.2) is 53.3 Å². The lowest BCUT2D eigenvalue weighted by Gasteiger charge is -2.26. The Bertz CT molecular complexity index is 1400. The molecular weight excluding hydrogens is 438 g/mol. The van der Waals surface area contributed by atoms with Gasteiger partial charge in [0.2, 0.25) is 11.7 Å². The zero-order valence-corrected chi connectivity index (χ0v) is 18.6. The maximum atomic E-state index is 13.5. The third-order valence-electron chi connectivity index (χ3n) is 6.26. The first kappa shape index (κ1) is 22.1. The van der Waals surface area contributed by atoms with Gasteiger partial charge in [-0.15, -0.1) is 0 Å². The summed E-state index contributed by atoms with van der Waals surface area (Å²) < 4.78 is 8.65. The van der Waals surface area contributed by atoms with Crippen molar-refractivity contribution in [3.63, 3.8) is 0 Å².